The minimum absolute atomic E-state index is 0.108. The van der Waals surface area contributed by atoms with Crippen LogP contribution in [0.25, 0.3) is 0 Å². The second-order valence-corrected chi connectivity index (χ2v) is 5.89. The minimum Gasteiger partial charge on any atom is -0.349 e. The molecule has 1 saturated carbocycles. The molecular formula is C14H22N4O. The van der Waals surface area contributed by atoms with Gasteiger partial charge in [-0.2, -0.15) is 5.10 Å². The smallest absolute Gasteiger partial charge is 0.223 e. The van der Waals surface area contributed by atoms with Gasteiger partial charge >= 0.3 is 0 Å². The molecule has 2 aliphatic carbocycles. The van der Waals surface area contributed by atoms with E-state index in [1.807, 2.05) is 17.9 Å². The Bertz CT molecular complexity index is 482. The number of rotatable bonds is 2. The SMILES string of the molecule is Cn1ncc2c1CCCC2NC(=O)C1CCC(N)C1. The molecule has 5 nitrogen and oxygen atoms in total. The van der Waals surface area contributed by atoms with E-state index in [9.17, 15) is 4.79 Å². The number of hydrogen-bond acceptors (Lipinski definition) is 3. The molecule has 2 aliphatic rings. The summed E-state index contributed by atoms with van der Waals surface area (Å²) in [5.74, 6) is 0.284. The molecule has 0 saturated heterocycles. The van der Waals surface area contributed by atoms with E-state index in [2.05, 4.69) is 10.4 Å². The van der Waals surface area contributed by atoms with Crippen molar-refractivity contribution in [3.63, 3.8) is 0 Å². The first-order chi connectivity index (χ1) is 9.15. The highest BCUT2D eigenvalue weighted by atomic mass is 16.1. The van der Waals surface area contributed by atoms with Crippen LogP contribution >= 0.6 is 0 Å². The fourth-order valence-corrected chi connectivity index (χ4v) is 3.40. The van der Waals surface area contributed by atoms with Crippen LogP contribution in [-0.2, 0) is 18.3 Å². The van der Waals surface area contributed by atoms with Crippen molar-refractivity contribution in [2.75, 3.05) is 0 Å². The van der Waals surface area contributed by atoms with Crippen LogP contribution in [0, 0.1) is 5.92 Å². The van der Waals surface area contributed by atoms with E-state index in [4.69, 9.17) is 5.73 Å². The number of nitrogens with one attached hydrogen (secondary N) is 1. The van der Waals surface area contributed by atoms with Gasteiger partial charge in [0, 0.05) is 30.3 Å². The van der Waals surface area contributed by atoms with Crippen molar-refractivity contribution >= 4 is 5.91 Å². The summed E-state index contributed by atoms with van der Waals surface area (Å²) >= 11 is 0. The van der Waals surface area contributed by atoms with Crippen molar-refractivity contribution < 1.29 is 4.79 Å². The Morgan fingerprint density at radius 2 is 2.32 bits per heavy atom. The Morgan fingerprint density at radius 1 is 1.47 bits per heavy atom. The predicted octanol–water partition coefficient (Wildman–Crippen LogP) is 1.04. The zero-order chi connectivity index (χ0) is 13.4. The number of carbonyl (C=O) groups excluding carboxylic acids is 1. The van der Waals surface area contributed by atoms with E-state index in [1.54, 1.807) is 0 Å². The van der Waals surface area contributed by atoms with Gasteiger partial charge in [-0.15, -0.1) is 0 Å². The Balaban J connectivity index is 1.69. The predicted molar refractivity (Wildman–Crippen MR) is 72.3 cm³/mol. The van der Waals surface area contributed by atoms with Gasteiger partial charge in [0.15, 0.2) is 0 Å². The maximum Gasteiger partial charge on any atom is 0.223 e. The molecule has 0 aromatic carbocycles. The van der Waals surface area contributed by atoms with Crippen LogP contribution in [0.3, 0.4) is 0 Å². The molecule has 1 aromatic heterocycles. The third-order valence-corrected chi connectivity index (χ3v) is 4.54. The number of hydrogen-bond donors (Lipinski definition) is 2. The maximum atomic E-state index is 12.3. The van der Waals surface area contributed by atoms with E-state index in [0.29, 0.717) is 0 Å². The third kappa shape index (κ3) is 2.39. The van der Waals surface area contributed by atoms with Crippen LogP contribution in [0.1, 0.15) is 49.4 Å². The largest absolute Gasteiger partial charge is 0.349 e. The monoisotopic (exact) mass is 262 g/mol. The number of nitrogens with two attached hydrogens (primary N) is 1. The van der Waals surface area contributed by atoms with Gasteiger partial charge in [-0.3, -0.25) is 9.48 Å². The molecule has 0 radical (unpaired) electrons. The van der Waals surface area contributed by atoms with Crippen molar-refractivity contribution in [1.82, 2.24) is 15.1 Å². The quantitative estimate of drug-likeness (QED) is 0.836. The maximum absolute atomic E-state index is 12.3. The van der Waals surface area contributed by atoms with Gasteiger partial charge in [0.05, 0.1) is 12.2 Å². The van der Waals surface area contributed by atoms with Gasteiger partial charge in [-0.1, -0.05) is 0 Å². The van der Waals surface area contributed by atoms with Crippen LogP contribution in [0.4, 0.5) is 0 Å². The normalized spacial score (nSPS) is 30.1. The van der Waals surface area contributed by atoms with Gasteiger partial charge in [-0.05, 0) is 38.5 Å². The van der Waals surface area contributed by atoms with Crippen molar-refractivity contribution in [2.24, 2.45) is 18.7 Å². The van der Waals surface area contributed by atoms with Gasteiger partial charge in [0.25, 0.3) is 0 Å². The lowest BCUT2D eigenvalue weighted by Gasteiger charge is -2.25. The van der Waals surface area contributed by atoms with Crippen LogP contribution in [-0.4, -0.2) is 21.7 Å². The minimum atomic E-state index is 0.108. The Morgan fingerprint density at radius 3 is 3.05 bits per heavy atom. The fourth-order valence-electron chi connectivity index (χ4n) is 3.40. The van der Waals surface area contributed by atoms with Gasteiger partial charge < -0.3 is 11.1 Å². The summed E-state index contributed by atoms with van der Waals surface area (Å²) in [5.41, 5.74) is 8.34. The van der Waals surface area contributed by atoms with E-state index < -0.39 is 0 Å². The molecule has 104 valence electrons. The number of nitrogens with zero attached hydrogens (tertiary/aromatic N) is 2. The average Bonchev–Trinajstić information content (AvgIpc) is 2.98. The number of aryl methyl sites for hydroxylation is 1. The summed E-state index contributed by atoms with van der Waals surface area (Å²) in [6.45, 7) is 0. The highest BCUT2D eigenvalue weighted by Crippen LogP contribution is 2.31. The van der Waals surface area contributed by atoms with Crippen LogP contribution in [0.5, 0.6) is 0 Å². The van der Waals surface area contributed by atoms with E-state index in [1.165, 1.54) is 11.3 Å². The van der Waals surface area contributed by atoms with Crippen molar-refractivity contribution in [3.8, 4) is 0 Å². The molecule has 0 aliphatic heterocycles. The first-order valence-electron chi connectivity index (χ1n) is 7.22. The third-order valence-electron chi connectivity index (χ3n) is 4.54. The summed E-state index contributed by atoms with van der Waals surface area (Å²) in [4.78, 5) is 12.3. The summed E-state index contributed by atoms with van der Waals surface area (Å²) in [6.07, 6.45) is 7.83. The molecule has 3 atom stereocenters. The molecule has 1 fully saturated rings. The van der Waals surface area contributed by atoms with E-state index >= 15 is 0 Å². The molecule has 3 unspecified atom stereocenters. The Labute approximate surface area is 113 Å². The highest BCUT2D eigenvalue weighted by molar-refractivity contribution is 5.79. The molecule has 1 heterocycles. The molecule has 1 aromatic rings. The van der Waals surface area contributed by atoms with E-state index in [0.717, 1.165) is 38.5 Å². The van der Waals surface area contributed by atoms with Crippen molar-refractivity contribution in [3.05, 3.63) is 17.5 Å². The van der Waals surface area contributed by atoms with Gasteiger partial charge in [0.1, 0.15) is 0 Å². The highest BCUT2D eigenvalue weighted by Gasteiger charge is 2.31. The van der Waals surface area contributed by atoms with Crippen LogP contribution in [0.2, 0.25) is 0 Å². The molecule has 19 heavy (non-hydrogen) atoms. The van der Waals surface area contributed by atoms with Gasteiger partial charge in [-0.25, -0.2) is 0 Å². The fraction of sp³-hybridized carbons (Fsp3) is 0.714. The summed E-state index contributed by atoms with van der Waals surface area (Å²) < 4.78 is 1.93. The van der Waals surface area contributed by atoms with E-state index in [-0.39, 0.29) is 23.9 Å². The van der Waals surface area contributed by atoms with Crippen LogP contribution in [0.15, 0.2) is 6.20 Å². The van der Waals surface area contributed by atoms with Gasteiger partial charge in [0.2, 0.25) is 5.91 Å². The standard InChI is InChI=1S/C14H22N4O/c1-18-13-4-2-3-12(11(13)8-16-18)17-14(19)9-5-6-10(15)7-9/h8-10,12H,2-7,15H2,1H3,(H,17,19). The second kappa shape index (κ2) is 4.96. The number of aromatic nitrogens is 2. The number of carbonyl (C=O) groups is 1. The lowest BCUT2D eigenvalue weighted by atomic mass is 9.92. The first-order valence-corrected chi connectivity index (χ1v) is 7.22. The zero-order valence-corrected chi connectivity index (χ0v) is 11.4. The van der Waals surface area contributed by atoms with Crippen LogP contribution < -0.4 is 11.1 Å². The van der Waals surface area contributed by atoms with Crippen molar-refractivity contribution in [1.29, 1.82) is 0 Å². The lowest BCUT2D eigenvalue weighted by molar-refractivity contribution is -0.125. The lowest BCUT2D eigenvalue weighted by Crippen LogP contribution is -2.35. The summed E-state index contributed by atoms with van der Waals surface area (Å²) in [5, 5.41) is 7.51. The zero-order valence-electron chi connectivity index (χ0n) is 11.4. The summed E-state index contributed by atoms with van der Waals surface area (Å²) in [7, 11) is 1.97. The molecule has 0 spiro atoms. The molecule has 3 N–H and O–H groups in total. The molecular weight excluding hydrogens is 240 g/mol. The molecule has 5 heteroatoms. The topological polar surface area (TPSA) is 72.9 Å². The van der Waals surface area contributed by atoms with Crippen molar-refractivity contribution in [2.45, 2.75) is 50.6 Å². The molecule has 3 rings (SSSR count). The second-order valence-electron chi connectivity index (χ2n) is 5.89. The molecule has 1 amide bonds. The summed E-state index contributed by atoms with van der Waals surface area (Å²) in [6, 6.07) is 0.345. The first kappa shape index (κ1) is 12.7. The molecule has 0 bridgehead atoms. The number of amides is 1. The average molecular weight is 262 g/mol. The Kier molecular flexibility index (Phi) is 3.31. The Hall–Kier alpha value is -1.36. The number of fused-ring (bicyclic) bond motifs is 1.